The average molecular weight is 327 g/mol. The van der Waals surface area contributed by atoms with E-state index in [0.717, 1.165) is 38.5 Å². The lowest BCUT2D eigenvalue weighted by Gasteiger charge is -2.52. The number of aliphatic hydroxyl groups excluding tert-OH is 2. The summed E-state index contributed by atoms with van der Waals surface area (Å²) >= 11 is 0. The largest absolute Gasteiger partial charge is 0.395 e. The molecule has 0 spiro atoms. The first kappa shape index (κ1) is 17.1. The lowest BCUT2D eigenvalue weighted by atomic mass is 9.81. The number of amides is 1. The summed E-state index contributed by atoms with van der Waals surface area (Å²) in [6, 6.07) is -0.150. The Morgan fingerprint density at radius 3 is 2.74 bits per heavy atom. The van der Waals surface area contributed by atoms with E-state index in [4.69, 9.17) is 9.47 Å². The summed E-state index contributed by atoms with van der Waals surface area (Å²) < 4.78 is 11.6. The summed E-state index contributed by atoms with van der Waals surface area (Å²) in [7, 11) is 0. The van der Waals surface area contributed by atoms with Gasteiger partial charge in [-0.25, -0.2) is 0 Å². The van der Waals surface area contributed by atoms with E-state index in [-0.39, 0.29) is 37.0 Å². The van der Waals surface area contributed by atoms with Crippen molar-refractivity contribution in [3.05, 3.63) is 0 Å². The molecule has 3 rings (SSSR count). The summed E-state index contributed by atoms with van der Waals surface area (Å²) in [5, 5.41) is 20.0. The molecule has 23 heavy (non-hydrogen) atoms. The molecule has 0 aliphatic carbocycles. The van der Waals surface area contributed by atoms with Gasteiger partial charge < -0.3 is 24.6 Å². The average Bonchev–Trinajstić information content (AvgIpc) is 2.56. The van der Waals surface area contributed by atoms with Crippen molar-refractivity contribution in [2.45, 2.75) is 82.5 Å². The molecule has 0 aromatic rings. The van der Waals surface area contributed by atoms with Crippen LogP contribution in [0.4, 0.5) is 0 Å². The molecular weight excluding hydrogens is 298 g/mol. The number of β-lactam (4-membered cyclic amide) rings is 1. The Bertz CT molecular complexity index is 412. The lowest BCUT2D eigenvalue weighted by molar-refractivity contribution is -0.205. The summed E-state index contributed by atoms with van der Waals surface area (Å²) in [4.78, 5) is 14.1. The van der Waals surface area contributed by atoms with Gasteiger partial charge in [0.15, 0.2) is 0 Å². The monoisotopic (exact) mass is 327 g/mol. The molecular formula is C17H29NO5. The second-order valence-corrected chi connectivity index (χ2v) is 7.14. The molecule has 3 fully saturated rings. The predicted octanol–water partition coefficient (Wildman–Crippen LogP) is 1.04. The van der Waals surface area contributed by atoms with Gasteiger partial charge in [0.2, 0.25) is 5.91 Å². The van der Waals surface area contributed by atoms with Crippen LogP contribution in [0, 0.1) is 5.92 Å². The van der Waals surface area contributed by atoms with E-state index < -0.39 is 12.0 Å². The molecule has 3 aliphatic rings. The molecule has 6 heteroatoms. The third-order valence-electron chi connectivity index (χ3n) is 5.48. The maximum Gasteiger partial charge on any atom is 0.232 e. The SMILES string of the molecule is CC1CCCC(N2C(=O)C(CO)C2CC(O)C2CCCCO2)O1. The van der Waals surface area contributed by atoms with Crippen molar-refractivity contribution in [3.8, 4) is 0 Å². The normalized spacial score (nSPS) is 39.9. The highest BCUT2D eigenvalue weighted by Gasteiger charge is 2.51. The molecule has 0 aromatic heterocycles. The number of rotatable bonds is 5. The van der Waals surface area contributed by atoms with E-state index in [1.807, 2.05) is 6.92 Å². The van der Waals surface area contributed by atoms with Gasteiger partial charge >= 0.3 is 0 Å². The van der Waals surface area contributed by atoms with Crippen LogP contribution < -0.4 is 0 Å². The molecule has 0 aromatic carbocycles. The van der Waals surface area contributed by atoms with Crippen molar-refractivity contribution < 1.29 is 24.5 Å². The van der Waals surface area contributed by atoms with E-state index in [9.17, 15) is 15.0 Å². The maximum atomic E-state index is 12.3. The van der Waals surface area contributed by atoms with Gasteiger partial charge in [-0.2, -0.15) is 0 Å². The highest BCUT2D eigenvalue weighted by Crippen LogP contribution is 2.37. The molecule has 2 N–H and O–H groups in total. The number of carbonyl (C=O) groups excluding carboxylic acids is 1. The fraction of sp³-hybridized carbons (Fsp3) is 0.941. The highest BCUT2D eigenvalue weighted by atomic mass is 16.5. The zero-order valence-corrected chi connectivity index (χ0v) is 13.9. The number of likely N-dealkylation sites (tertiary alicyclic amines) is 1. The van der Waals surface area contributed by atoms with Crippen LogP contribution in [-0.4, -0.2) is 64.8 Å². The summed E-state index contributed by atoms with van der Waals surface area (Å²) in [6.07, 6.45) is 5.54. The number of aliphatic hydroxyl groups is 2. The third kappa shape index (κ3) is 3.55. The first-order valence-electron chi connectivity index (χ1n) is 9.00. The Labute approximate surface area is 137 Å². The van der Waals surface area contributed by atoms with Gasteiger partial charge in [-0.05, 0) is 51.9 Å². The van der Waals surface area contributed by atoms with Crippen LogP contribution >= 0.6 is 0 Å². The minimum absolute atomic E-state index is 0.0478. The number of carbonyl (C=O) groups is 1. The molecule has 3 saturated heterocycles. The molecule has 6 atom stereocenters. The van der Waals surface area contributed by atoms with Crippen molar-refractivity contribution >= 4 is 5.91 Å². The molecule has 0 saturated carbocycles. The van der Waals surface area contributed by atoms with Crippen LogP contribution in [0.1, 0.15) is 51.9 Å². The fourth-order valence-electron chi connectivity index (χ4n) is 4.12. The first-order chi connectivity index (χ1) is 11.1. The van der Waals surface area contributed by atoms with Crippen molar-refractivity contribution in [1.29, 1.82) is 0 Å². The van der Waals surface area contributed by atoms with Gasteiger partial charge in [-0.3, -0.25) is 4.79 Å². The minimum Gasteiger partial charge on any atom is -0.395 e. The number of nitrogens with zero attached hydrogens (tertiary/aromatic N) is 1. The smallest absolute Gasteiger partial charge is 0.232 e. The Hall–Kier alpha value is -0.690. The zero-order valence-electron chi connectivity index (χ0n) is 13.9. The van der Waals surface area contributed by atoms with Crippen LogP contribution in [0.2, 0.25) is 0 Å². The van der Waals surface area contributed by atoms with E-state index in [1.54, 1.807) is 4.90 Å². The first-order valence-corrected chi connectivity index (χ1v) is 9.00. The van der Waals surface area contributed by atoms with Gasteiger partial charge in [-0.15, -0.1) is 0 Å². The van der Waals surface area contributed by atoms with Crippen LogP contribution in [0.3, 0.4) is 0 Å². The minimum atomic E-state index is -0.592. The molecule has 3 aliphatic heterocycles. The van der Waals surface area contributed by atoms with Gasteiger partial charge in [0.1, 0.15) is 6.23 Å². The van der Waals surface area contributed by atoms with Crippen molar-refractivity contribution in [2.75, 3.05) is 13.2 Å². The van der Waals surface area contributed by atoms with E-state index in [2.05, 4.69) is 0 Å². The van der Waals surface area contributed by atoms with Crippen molar-refractivity contribution in [3.63, 3.8) is 0 Å². The Morgan fingerprint density at radius 1 is 1.26 bits per heavy atom. The Morgan fingerprint density at radius 2 is 2.09 bits per heavy atom. The number of ether oxygens (including phenoxy) is 2. The van der Waals surface area contributed by atoms with E-state index >= 15 is 0 Å². The number of hydrogen-bond donors (Lipinski definition) is 2. The Balaban J connectivity index is 1.63. The van der Waals surface area contributed by atoms with Crippen LogP contribution in [0.15, 0.2) is 0 Å². The lowest BCUT2D eigenvalue weighted by Crippen LogP contribution is -2.67. The summed E-state index contributed by atoms with van der Waals surface area (Å²) in [5.74, 6) is -0.456. The number of hydrogen-bond acceptors (Lipinski definition) is 5. The van der Waals surface area contributed by atoms with Gasteiger partial charge in [0.25, 0.3) is 0 Å². The Kier molecular flexibility index (Phi) is 5.57. The molecule has 132 valence electrons. The van der Waals surface area contributed by atoms with Crippen LogP contribution in [0.5, 0.6) is 0 Å². The molecule has 6 unspecified atom stereocenters. The van der Waals surface area contributed by atoms with Gasteiger partial charge in [0.05, 0.1) is 36.9 Å². The summed E-state index contributed by atoms with van der Waals surface area (Å²) in [5.41, 5.74) is 0. The molecule has 6 nitrogen and oxygen atoms in total. The quantitative estimate of drug-likeness (QED) is 0.738. The summed E-state index contributed by atoms with van der Waals surface area (Å²) in [6.45, 7) is 2.56. The molecule has 0 radical (unpaired) electrons. The fourth-order valence-corrected chi connectivity index (χ4v) is 4.12. The molecule has 1 amide bonds. The molecule has 3 heterocycles. The topological polar surface area (TPSA) is 79.2 Å². The van der Waals surface area contributed by atoms with Gasteiger partial charge in [-0.1, -0.05) is 0 Å². The third-order valence-corrected chi connectivity index (χ3v) is 5.48. The van der Waals surface area contributed by atoms with Crippen molar-refractivity contribution in [1.82, 2.24) is 4.90 Å². The van der Waals surface area contributed by atoms with Crippen LogP contribution in [-0.2, 0) is 14.3 Å². The van der Waals surface area contributed by atoms with Crippen LogP contribution in [0.25, 0.3) is 0 Å². The van der Waals surface area contributed by atoms with E-state index in [1.165, 1.54) is 0 Å². The van der Waals surface area contributed by atoms with E-state index in [0.29, 0.717) is 13.0 Å². The second kappa shape index (κ2) is 7.47. The zero-order chi connectivity index (χ0) is 16.4. The molecule has 0 bridgehead atoms. The maximum absolute atomic E-state index is 12.3. The standard InChI is InChI=1S/C17H29NO5/c1-11-5-4-7-16(23-11)18-13(12(10-19)17(18)21)9-14(20)15-6-2-3-8-22-15/h11-16,19-20H,2-10H2,1H3. The predicted molar refractivity (Wildman–Crippen MR) is 83.6 cm³/mol. The second-order valence-electron chi connectivity index (χ2n) is 7.14. The van der Waals surface area contributed by atoms with Gasteiger partial charge in [0, 0.05) is 6.61 Å². The highest BCUT2D eigenvalue weighted by molar-refractivity contribution is 5.86. The van der Waals surface area contributed by atoms with Crippen molar-refractivity contribution in [2.24, 2.45) is 5.92 Å².